The number of rotatable bonds is 4. The molecular weight excluding hydrogens is 306 g/mol. The van der Waals surface area contributed by atoms with Gasteiger partial charge in [0.05, 0.1) is 0 Å². The summed E-state index contributed by atoms with van der Waals surface area (Å²) in [6, 6.07) is 2.99. The van der Waals surface area contributed by atoms with Crippen LogP contribution < -0.4 is 0 Å². The number of aryl methyl sites for hydroxylation is 1. The minimum atomic E-state index is -3.60. The molecule has 2 aromatic rings. The summed E-state index contributed by atoms with van der Waals surface area (Å²) in [5.74, 6) is 1.32. The van der Waals surface area contributed by atoms with Crippen LogP contribution in [-0.2, 0) is 16.4 Å². The van der Waals surface area contributed by atoms with E-state index in [0.717, 1.165) is 12.8 Å². The molecule has 1 atom stereocenters. The third-order valence-electron chi connectivity index (χ3n) is 3.78. The summed E-state index contributed by atoms with van der Waals surface area (Å²) < 4.78 is 37.5. The van der Waals surface area contributed by atoms with Crippen molar-refractivity contribution >= 4 is 10.0 Å². The molecule has 3 rings (SSSR count). The average molecular weight is 325 g/mol. The first-order valence-electron chi connectivity index (χ1n) is 7.43. The number of sulfonamides is 1. The second-order valence-electron chi connectivity index (χ2n) is 5.58. The van der Waals surface area contributed by atoms with Crippen LogP contribution in [0.3, 0.4) is 0 Å². The van der Waals surface area contributed by atoms with Crippen molar-refractivity contribution in [3.8, 4) is 11.7 Å². The molecule has 1 unspecified atom stereocenters. The van der Waals surface area contributed by atoms with E-state index >= 15 is 0 Å². The Labute approximate surface area is 129 Å². The smallest absolute Gasteiger partial charge is 0.283 e. The van der Waals surface area contributed by atoms with E-state index in [0.29, 0.717) is 31.3 Å². The number of hydrogen-bond acceptors (Lipinski definition) is 6. The van der Waals surface area contributed by atoms with E-state index in [1.807, 2.05) is 6.92 Å². The summed E-state index contributed by atoms with van der Waals surface area (Å²) in [5, 5.41) is 7.63. The van der Waals surface area contributed by atoms with E-state index in [1.165, 1.54) is 10.4 Å². The van der Waals surface area contributed by atoms with E-state index in [-0.39, 0.29) is 16.7 Å². The Morgan fingerprint density at radius 2 is 2.14 bits per heavy atom. The van der Waals surface area contributed by atoms with Crippen LogP contribution in [0, 0.1) is 5.92 Å². The van der Waals surface area contributed by atoms with Crippen molar-refractivity contribution in [3.05, 3.63) is 18.0 Å². The maximum Gasteiger partial charge on any atom is 0.283 e. The summed E-state index contributed by atoms with van der Waals surface area (Å²) in [7, 11) is -3.60. The number of hydrogen-bond donors (Lipinski definition) is 0. The van der Waals surface area contributed by atoms with E-state index in [2.05, 4.69) is 17.1 Å². The van der Waals surface area contributed by atoms with Crippen molar-refractivity contribution in [3.63, 3.8) is 0 Å². The van der Waals surface area contributed by atoms with Crippen LogP contribution in [0.2, 0.25) is 0 Å². The van der Waals surface area contributed by atoms with E-state index in [9.17, 15) is 8.42 Å². The summed E-state index contributed by atoms with van der Waals surface area (Å²) in [5.41, 5.74) is 0. The predicted molar refractivity (Wildman–Crippen MR) is 78.5 cm³/mol. The van der Waals surface area contributed by atoms with Gasteiger partial charge in [-0.3, -0.25) is 0 Å². The van der Waals surface area contributed by atoms with Gasteiger partial charge >= 0.3 is 0 Å². The van der Waals surface area contributed by atoms with Crippen LogP contribution in [0.1, 0.15) is 32.6 Å². The van der Waals surface area contributed by atoms with Gasteiger partial charge in [0.1, 0.15) is 0 Å². The molecule has 120 valence electrons. The minimum absolute atomic E-state index is 0.0761. The Morgan fingerprint density at radius 3 is 2.82 bits per heavy atom. The fourth-order valence-electron chi connectivity index (χ4n) is 2.56. The van der Waals surface area contributed by atoms with Gasteiger partial charge < -0.3 is 8.83 Å². The molecule has 0 aliphatic carbocycles. The maximum absolute atomic E-state index is 12.6. The fourth-order valence-corrected chi connectivity index (χ4v) is 4.07. The molecule has 0 radical (unpaired) electrons. The van der Waals surface area contributed by atoms with Gasteiger partial charge in [0.2, 0.25) is 11.0 Å². The van der Waals surface area contributed by atoms with Gasteiger partial charge in [-0.2, -0.15) is 4.31 Å². The highest BCUT2D eigenvalue weighted by Crippen LogP contribution is 2.28. The topological polar surface area (TPSA) is 89.4 Å². The SMILES string of the molecule is CCc1nnc(-c2ccc(S(=O)(=O)N3CCCC(C)C3)o2)o1. The molecule has 0 amide bonds. The van der Waals surface area contributed by atoms with Crippen molar-refractivity contribution in [2.75, 3.05) is 13.1 Å². The largest absolute Gasteiger partial charge is 0.438 e. The molecule has 2 aromatic heterocycles. The van der Waals surface area contributed by atoms with Gasteiger partial charge in [-0.1, -0.05) is 13.8 Å². The number of aromatic nitrogens is 2. The third-order valence-corrected chi connectivity index (χ3v) is 5.51. The highest BCUT2D eigenvalue weighted by molar-refractivity contribution is 7.89. The highest BCUT2D eigenvalue weighted by atomic mass is 32.2. The van der Waals surface area contributed by atoms with Crippen molar-refractivity contribution < 1.29 is 17.3 Å². The van der Waals surface area contributed by atoms with Gasteiger partial charge in [-0.25, -0.2) is 8.42 Å². The molecule has 1 fully saturated rings. The Bertz CT molecular complexity index is 750. The lowest BCUT2D eigenvalue weighted by atomic mass is 10.0. The summed E-state index contributed by atoms with van der Waals surface area (Å²) in [4.78, 5) is 0. The molecule has 0 N–H and O–H groups in total. The molecule has 22 heavy (non-hydrogen) atoms. The average Bonchev–Trinajstić information content (AvgIpc) is 3.16. The van der Waals surface area contributed by atoms with Gasteiger partial charge in [0, 0.05) is 19.5 Å². The van der Waals surface area contributed by atoms with Crippen molar-refractivity contribution in [1.82, 2.24) is 14.5 Å². The third kappa shape index (κ3) is 2.80. The summed E-state index contributed by atoms with van der Waals surface area (Å²) in [6.07, 6.45) is 2.54. The molecular formula is C14H19N3O4S. The van der Waals surface area contributed by atoms with Gasteiger partial charge in [-0.15, -0.1) is 10.2 Å². The normalized spacial score (nSPS) is 20.4. The Balaban J connectivity index is 1.86. The van der Waals surface area contributed by atoms with E-state index in [4.69, 9.17) is 8.83 Å². The first-order valence-corrected chi connectivity index (χ1v) is 8.87. The van der Waals surface area contributed by atoms with Crippen LogP contribution in [-0.4, -0.2) is 36.0 Å². The molecule has 1 aliphatic heterocycles. The molecule has 8 heteroatoms. The first kappa shape index (κ1) is 15.2. The predicted octanol–water partition coefficient (Wildman–Crippen LogP) is 2.31. The molecule has 7 nitrogen and oxygen atoms in total. The standard InChI is InChI=1S/C14H19N3O4S/c1-3-12-15-16-14(21-12)11-6-7-13(20-11)22(18,19)17-8-4-5-10(2)9-17/h6-7,10H,3-5,8-9H2,1-2H3. The van der Waals surface area contributed by atoms with Crippen LogP contribution in [0.25, 0.3) is 11.7 Å². The second kappa shape index (κ2) is 5.85. The molecule has 0 saturated carbocycles. The Morgan fingerprint density at radius 1 is 1.32 bits per heavy atom. The minimum Gasteiger partial charge on any atom is -0.438 e. The number of piperidine rings is 1. The lowest BCUT2D eigenvalue weighted by Gasteiger charge is -2.29. The molecule has 1 aliphatic rings. The Kier molecular flexibility index (Phi) is 4.05. The first-order chi connectivity index (χ1) is 10.5. The highest BCUT2D eigenvalue weighted by Gasteiger charge is 2.31. The zero-order valence-corrected chi connectivity index (χ0v) is 13.5. The zero-order chi connectivity index (χ0) is 15.7. The van der Waals surface area contributed by atoms with Gasteiger partial charge in [-0.05, 0) is 30.9 Å². The molecule has 3 heterocycles. The summed E-state index contributed by atoms with van der Waals surface area (Å²) >= 11 is 0. The van der Waals surface area contributed by atoms with Crippen molar-refractivity contribution in [2.45, 2.75) is 38.2 Å². The lowest BCUT2D eigenvalue weighted by molar-refractivity contribution is 0.275. The maximum atomic E-state index is 12.6. The van der Waals surface area contributed by atoms with Crippen molar-refractivity contribution in [2.24, 2.45) is 5.92 Å². The lowest BCUT2D eigenvalue weighted by Crippen LogP contribution is -2.38. The van der Waals surface area contributed by atoms with E-state index in [1.54, 1.807) is 6.07 Å². The second-order valence-corrected chi connectivity index (χ2v) is 7.45. The van der Waals surface area contributed by atoms with Gasteiger partial charge in [0.15, 0.2) is 5.76 Å². The molecule has 0 spiro atoms. The quantitative estimate of drug-likeness (QED) is 0.857. The molecule has 1 saturated heterocycles. The zero-order valence-electron chi connectivity index (χ0n) is 12.7. The summed E-state index contributed by atoms with van der Waals surface area (Å²) in [6.45, 7) is 5.01. The molecule has 0 aromatic carbocycles. The van der Waals surface area contributed by atoms with Crippen LogP contribution in [0.4, 0.5) is 0 Å². The molecule has 0 bridgehead atoms. The van der Waals surface area contributed by atoms with E-state index < -0.39 is 10.0 Å². The fraction of sp³-hybridized carbons (Fsp3) is 0.571. The van der Waals surface area contributed by atoms with Crippen molar-refractivity contribution in [1.29, 1.82) is 0 Å². The number of nitrogens with zero attached hydrogens (tertiary/aromatic N) is 3. The van der Waals surface area contributed by atoms with Crippen LogP contribution >= 0.6 is 0 Å². The Hall–Kier alpha value is -1.67. The van der Waals surface area contributed by atoms with Crippen LogP contribution in [0.5, 0.6) is 0 Å². The van der Waals surface area contributed by atoms with Crippen LogP contribution in [0.15, 0.2) is 26.1 Å². The van der Waals surface area contributed by atoms with Gasteiger partial charge in [0.25, 0.3) is 15.9 Å². The monoisotopic (exact) mass is 325 g/mol. The number of furan rings is 1.